The molecule has 2 heterocycles. The molecule has 0 atom stereocenters. The lowest BCUT2D eigenvalue weighted by atomic mass is 9.97. The van der Waals surface area contributed by atoms with Crippen LogP contribution in [0.3, 0.4) is 0 Å². The first-order valence-electron chi connectivity index (χ1n) is 10.6. The summed E-state index contributed by atoms with van der Waals surface area (Å²) in [6, 6.07) is 18.5. The van der Waals surface area contributed by atoms with Crippen molar-refractivity contribution in [1.82, 2.24) is 8.87 Å². The molecule has 1 aromatic heterocycles. The summed E-state index contributed by atoms with van der Waals surface area (Å²) in [6.45, 7) is 4.60. The third kappa shape index (κ3) is 4.48. The van der Waals surface area contributed by atoms with E-state index in [1.807, 2.05) is 62.4 Å². The zero-order valence-electron chi connectivity index (χ0n) is 17.8. The number of benzene rings is 2. The van der Waals surface area contributed by atoms with Gasteiger partial charge in [0.05, 0.1) is 4.90 Å². The maximum atomic E-state index is 13.2. The average Bonchev–Trinajstić information content (AvgIpc) is 2.78. The van der Waals surface area contributed by atoms with E-state index in [0.717, 1.165) is 10.8 Å². The molecule has 1 saturated heterocycles. The number of nitrogens with zero attached hydrogens (tertiary/aromatic N) is 3. The minimum absolute atomic E-state index is 0.0252. The zero-order valence-corrected chi connectivity index (χ0v) is 18.6. The molecule has 1 aliphatic rings. The van der Waals surface area contributed by atoms with Crippen LogP contribution in [0.4, 0.5) is 0 Å². The van der Waals surface area contributed by atoms with Gasteiger partial charge >= 0.3 is 0 Å². The van der Waals surface area contributed by atoms with Crippen LogP contribution in [0.25, 0.3) is 10.8 Å². The van der Waals surface area contributed by atoms with Crippen molar-refractivity contribution in [3.8, 4) is 0 Å². The molecular formula is C24H27N3O3S. The van der Waals surface area contributed by atoms with E-state index in [0.29, 0.717) is 36.3 Å². The molecule has 0 saturated carbocycles. The smallest absolute Gasteiger partial charge is 0.243 e. The predicted molar refractivity (Wildman–Crippen MR) is 121 cm³/mol. The molecule has 0 spiro atoms. The molecule has 0 bridgehead atoms. The van der Waals surface area contributed by atoms with Gasteiger partial charge in [0.15, 0.2) is 0 Å². The van der Waals surface area contributed by atoms with E-state index in [2.05, 4.69) is 4.99 Å². The van der Waals surface area contributed by atoms with Crippen LogP contribution in [0.5, 0.6) is 0 Å². The van der Waals surface area contributed by atoms with Gasteiger partial charge in [0.1, 0.15) is 5.49 Å². The normalized spacial score (nSPS) is 16.8. The van der Waals surface area contributed by atoms with Crippen molar-refractivity contribution in [3.05, 3.63) is 72.3 Å². The maximum Gasteiger partial charge on any atom is 0.243 e. The number of hydrogen-bond acceptors (Lipinski definition) is 4. The molecule has 0 radical (unpaired) electrons. The van der Waals surface area contributed by atoms with Crippen molar-refractivity contribution in [2.45, 2.75) is 37.6 Å². The van der Waals surface area contributed by atoms with Gasteiger partial charge in [0.2, 0.25) is 15.9 Å². The van der Waals surface area contributed by atoms with Crippen LogP contribution in [-0.4, -0.2) is 42.3 Å². The highest BCUT2D eigenvalue weighted by Gasteiger charge is 2.32. The molecule has 1 fully saturated rings. The lowest BCUT2D eigenvalue weighted by molar-refractivity contribution is 0.0781. The van der Waals surface area contributed by atoms with Gasteiger partial charge in [-0.15, -0.1) is 0 Å². The van der Waals surface area contributed by atoms with Crippen LogP contribution in [0.2, 0.25) is 0 Å². The molecule has 7 heteroatoms. The van der Waals surface area contributed by atoms with Gasteiger partial charge in [0, 0.05) is 31.2 Å². The van der Waals surface area contributed by atoms with Gasteiger partial charge in [-0.25, -0.2) is 8.42 Å². The van der Waals surface area contributed by atoms with Crippen LogP contribution in [0, 0.1) is 5.92 Å². The topological polar surface area (TPSA) is 71.7 Å². The Morgan fingerprint density at radius 1 is 0.968 bits per heavy atom. The molecule has 1 aliphatic heterocycles. The largest absolute Gasteiger partial charge is 0.274 e. The van der Waals surface area contributed by atoms with E-state index in [4.69, 9.17) is 0 Å². The van der Waals surface area contributed by atoms with Crippen molar-refractivity contribution in [2.75, 3.05) is 13.1 Å². The first-order chi connectivity index (χ1) is 14.9. The third-order valence-corrected chi connectivity index (χ3v) is 7.52. The fourth-order valence-corrected chi connectivity index (χ4v) is 5.51. The van der Waals surface area contributed by atoms with E-state index in [1.165, 1.54) is 4.31 Å². The predicted octanol–water partition coefficient (Wildman–Crippen LogP) is 3.69. The monoisotopic (exact) mass is 437 g/mol. The van der Waals surface area contributed by atoms with E-state index in [-0.39, 0.29) is 17.9 Å². The van der Waals surface area contributed by atoms with E-state index in [1.54, 1.807) is 22.9 Å². The first kappa shape index (κ1) is 21.5. The second kappa shape index (κ2) is 8.77. The number of rotatable bonds is 4. The van der Waals surface area contributed by atoms with Gasteiger partial charge in [-0.3, -0.25) is 14.4 Å². The van der Waals surface area contributed by atoms with Crippen molar-refractivity contribution < 1.29 is 13.2 Å². The molecule has 162 valence electrons. The highest BCUT2D eigenvalue weighted by molar-refractivity contribution is 7.89. The molecule has 2 aromatic carbocycles. The summed E-state index contributed by atoms with van der Waals surface area (Å²) >= 11 is 0. The molecule has 4 rings (SSSR count). The molecule has 6 nitrogen and oxygen atoms in total. The van der Waals surface area contributed by atoms with Crippen LogP contribution in [0.1, 0.15) is 31.5 Å². The highest BCUT2D eigenvalue weighted by atomic mass is 32.2. The van der Waals surface area contributed by atoms with Gasteiger partial charge < -0.3 is 0 Å². The maximum absolute atomic E-state index is 13.2. The minimum atomic E-state index is -3.59. The average molecular weight is 438 g/mol. The lowest BCUT2D eigenvalue weighted by Crippen LogP contribution is -2.42. The summed E-state index contributed by atoms with van der Waals surface area (Å²) in [4.78, 5) is 17.9. The van der Waals surface area contributed by atoms with Crippen molar-refractivity contribution in [2.24, 2.45) is 10.9 Å². The molecule has 0 amide bonds. The summed E-state index contributed by atoms with van der Waals surface area (Å²) in [6.07, 6.45) is 2.73. The molecule has 0 aliphatic carbocycles. The molecule has 31 heavy (non-hydrogen) atoms. The summed E-state index contributed by atoms with van der Waals surface area (Å²) in [7, 11) is -3.59. The lowest BCUT2D eigenvalue weighted by Gasteiger charge is -2.30. The Bertz CT molecular complexity index is 1270. The first-order valence-corrected chi connectivity index (χ1v) is 12.0. The van der Waals surface area contributed by atoms with Crippen molar-refractivity contribution in [1.29, 1.82) is 0 Å². The number of fused-ring (bicyclic) bond motifs is 1. The summed E-state index contributed by atoms with van der Waals surface area (Å²) in [5.41, 5.74) is 0.633. The SMILES string of the molecule is CC(C)N=c1ccccn1C(=O)C1CCN(S(=O)(=O)c2ccc3ccccc3c2)CC1. The number of aromatic nitrogens is 1. The number of carbonyl (C=O) groups excluding carboxylic acids is 1. The second-order valence-electron chi connectivity index (χ2n) is 8.18. The minimum Gasteiger partial charge on any atom is -0.274 e. The Labute approximate surface area is 182 Å². The third-order valence-electron chi connectivity index (χ3n) is 5.63. The van der Waals surface area contributed by atoms with E-state index in [9.17, 15) is 13.2 Å². The van der Waals surface area contributed by atoms with Gasteiger partial charge in [-0.2, -0.15) is 4.31 Å². The number of sulfonamides is 1. The molecular weight excluding hydrogens is 410 g/mol. The van der Waals surface area contributed by atoms with Crippen molar-refractivity contribution in [3.63, 3.8) is 0 Å². The Hall–Kier alpha value is -2.77. The Morgan fingerprint density at radius 3 is 2.35 bits per heavy atom. The Balaban J connectivity index is 1.51. The zero-order chi connectivity index (χ0) is 22.0. The number of carbonyl (C=O) groups is 1. The van der Waals surface area contributed by atoms with Gasteiger partial charge in [0.25, 0.3) is 0 Å². The van der Waals surface area contributed by atoms with E-state index < -0.39 is 10.0 Å². The summed E-state index contributed by atoms with van der Waals surface area (Å²) < 4.78 is 29.4. The summed E-state index contributed by atoms with van der Waals surface area (Å²) in [5.74, 6) is -0.251. The van der Waals surface area contributed by atoms with Gasteiger partial charge in [-0.05, 0) is 61.7 Å². The fourth-order valence-electron chi connectivity index (χ4n) is 4.01. The number of hydrogen-bond donors (Lipinski definition) is 0. The standard InChI is InChI=1S/C24H27N3O3S/c1-18(2)25-23-9-5-6-14-27(23)24(28)20-12-15-26(16-13-20)31(29,30)22-11-10-19-7-3-4-8-21(19)17-22/h3-11,14,17-18,20H,12-13,15-16H2,1-2H3. The van der Waals surface area contributed by atoms with Crippen LogP contribution < -0.4 is 5.49 Å². The summed E-state index contributed by atoms with van der Waals surface area (Å²) in [5, 5.41) is 1.91. The van der Waals surface area contributed by atoms with Crippen LogP contribution in [-0.2, 0) is 10.0 Å². The van der Waals surface area contributed by atoms with Crippen LogP contribution >= 0.6 is 0 Å². The molecule has 0 unspecified atom stereocenters. The van der Waals surface area contributed by atoms with Gasteiger partial charge in [-0.1, -0.05) is 36.4 Å². The van der Waals surface area contributed by atoms with Crippen molar-refractivity contribution >= 4 is 26.7 Å². The highest BCUT2D eigenvalue weighted by Crippen LogP contribution is 2.26. The van der Waals surface area contributed by atoms with E-state index >= 15 is 0 Å². The second-order valence-corrected chi connectivity index (χ2v) is 10.1. The Kier molecular flexibility index (Phi) is 6.07. The Morgan fingerprint density at radius 2 is 1.65 bits per heavy atom. The molecule has 3 aromatic rings. The number of pyridine rings is 1. The number of piperidine rings is 1. The molecule has 0 N–H and O–H groups in total. The quantitative estimate of drug-likeness (QED) is 0.625. The fraction of sp³-hybridized carbons (Fsp3) is 0.333. The van der Waals surface area contributed by atoms with Crippen LogP contribution in [0.15, 0.2) is 76.7 Å².